The van der Waals surface area contributed by atoms with Crippen LogP contribution in [0.3, 0.4) is 0 Å². The van der Waals surface area contributed by atoms with Gasteiger partial charge in [-0.25, -0.2) is 4.98 Å². The first-order valence-electron chi connectivity index (χ1n) is 4.61. The Morgan fingerprint density at radius 1 is 1.53 bits per heavy atom. The number of hydrogen-bond donors (Lipinski definition) is 1. The second kappa shape index (κ2) is 4.98. The summed E-state index contributed by atoms with van der Waals surface area (Å²) in [4.78, 5) is 17.1. The summed E-state index contributed by atoms with van der Waals surface area (Å²) in [5.74, 6) is 0.599. The number of carbonyl (C=O) groups excluding carboxylic acids is 1. The first-order valence-corrected chi connectivity index (χ1v) is 4.99. The van der Waals surface area contributed by atoms with Gasteiger partial charge in [-0.1, -0.05) is 17.7 Å². The predicted molar refractivity (Wildman–Crippen MR) is 61.0 cm³/mol. The topological polar surface area (TPSA) is 45.2 Å². The number of amides is 1. The molecule has 1 aromatic heterocycles. The number of likely N-dealkylation sites (N-methyl/N-ethyl adjacent to an activating group) is 1. The molecule has 0 aliphatic carbocycles. The van der Waals surface area contributed by atoms with E-state index in [-0.39, 0.29) is 11.9 Å². The number of hydrogen-bond acceptors (Lipinski definition) is 3. The van der Waals surface area contributed by atoms with Crippen LogP contribution in [0.25, 0.3) is 0 Å². The van der Waals surface area contributed by atoms with E-state index in [2.05, 4.69) is 10.3 Å². The van der Waals surface area contributed by atoms with Gasteiger partial charge in [-0.3, -0.25) is 4.79 Å². The van der Waals surface area contributed by atoms with Gasteiger partial charge in [0.2, 0.25) is 5.91 Å². The summed E-state index contributed by atoms with van der Waals surface area (Å²) in [5.41, 5.74) is 0. The van der Waals surface area contributed by atoms with Crippen molar-refractivity contribution in [3.8, 4) is 0 Å². The summed E-state index contributed by atoms with van der Waals surface area (Å²) < 4.78 is 0. The molecule has 0 radical (unpaired) electrons. The van der Waals surface area contributed by atoms with Gasteiger partial charge in [-0.15, -0.1) is 0 Å². The van der Waals surface area contributed by atoms with E-state index in [1.54, 1.807) is 39.2 Å². The van der Waals surface area contributed by atoms with Crippen LogP contribution in [0.2, 0.25) is 5.15 Å². The Bertz CT molecular complexity index is 354. The van der Waals surface area contributed by atoms with Gasteiger partial charge in [-0.05, 0) is 19.1 Å². The number of aromatic nitrogens is 1. The maximum atomic E-state index is 11.5. The van der Waals surface area contributed by atoms with Crippen molar-refractivity contribution in [2.45, 2.75) is 13.0 Å². The maximum Gasteiger partial charge on any atom is 0.244 e. The average Bonchev–Trinajstić information content (AvgIpc) is 2.16. The maximum absolute atomic E-state index is 11.5. The van der Waals surface area contributed by atoms with E-state index in [0.717, 1.165) is 0 Å². The molecule has 15 heavy (non-hydrogen) atoms. The summed E-state index contributed by atoms with van der Waals surface area (Å²) in [5, 5.41) is 3.38. The van der Waals surface area contributed by atoms with E-state index in [4.69, 9.17) is 11.6 Å². The Balaban J connectivity index is 2.66. The molecule has 82 valence electrons. The zero-order chi connectivity index (χ0) is 11.4. The molecule has 1 N–H and O–H groups in total. The van der Waals surface area contributed by atoms with E-state index in [9.17, 15) is 4.79 Å². The Morgan fingerprint density at radius 2 is 2.20 bits per heavy atom. The molecule has 1 atom stereocenters. The van der Waals surface area contributed by atoms with Gasteiger partial charge in [0.15, 0.2) is 0 Å². The van der Waals surface area contributed by atoms with E-state index in [0.29, 0.717) is 11.0 Å². The minimum Gasteiger partial charge on any atom is -0.359 e. The van der Waals surface area contributed by atoms with Crippen LogP contribution >= 0.6 is 11.6 Å². The van der Waals surface area contributed by atoms with Gasteiger partial charge in [0.05, 0.1) is 0 Å². The fourth-order valence-electron chi connectivity index (χ4n) is 1.16. The third-order valence-corrected chi connectivity index (χ3v) is 2.10. The predicted octanol–water partition coefficient (Wildman–Crippen LogP) is 1.62. The molecule has 0 saturated heterocycles. The smallest absolute Gasteiger partial charge is 0.244 e. The molecule has 4 nitrogen and oxygen atoms in total. The molecule has 0 aromatic carbocycles. The largest absolute Gasteiger partial charge is 0.359 e. The van der Waals surface area contributed by atoms with Crippen molar-refractivity contribution in [2.75, 3.05) is 19.4 Å². The number of nitrogens with one attached hydrogen (secondary N) is 1. The number of nitrogens with zero attached hydrogens (tertiary/aromatic N) is 2. The summed E-state index contributed by atoms with van der Waals surface area (Å²) in [7, 11) is 3.43. The lowest BCUT2D eigenvalue weighted by atomic mass is 10.3. The van der Waals surface area contributed by atoms with Gasteiger partial charge in [0.25, 0.3) is 0 Å². The third-order valence-electron chi connectivity index (χ3n) is 1.89. The van der Waals surface area contributed by atoms with Crippen molar-refractivity contribution in [1.82, 2.24) is 9.88 Å². The highest BCUT2D eigenvalue weighted by molar-refractivity contribution is 6.29. The lowest BCUT2D eigenvalue weighted by Crippen LogP contribution is -2.36. The molecule has 1 aromatic rings. The van der Waals surface area contributed by atoms with Crippen LogP contribution in [-0.2, 0) is 4.79 Å². The molecule has 1 amide bonds. The first kappa shape index (κ1) is 11.8. The third kappa shape index (κ3) is 3.40. The standard InChI is InChI=1S/C10H14ClN3O/c1-7(10(15)14(2)3)12-9-6-4-5-8(11)13-9/h4-7H,1-3H3,(H,12,13). The van der Waals surface area contributed by atoms with Crippen LogP contribution in [-0.4, -0.2) is 35.9 Å². The number of rotatable bonds is 3. The van der Waals surface area contributed by atoms with Crippen LogP contribution in [0.1, 0.15) is 6.92 Å². The minimum absolute atomic E-state index is 0.00299. The Kier molecular flexibility index (Phi) is 3.91. The molecule has 1 unspecified atom stereocenters. The molecular weight excluding hydrogens is 214 g/mol. The summed E-state index contributed by atoms with van der Waals surface area (Å²) >= 11 is 5.72. The molecule has 0 aliphatic heterocycles. The van der Waals surface area contributed by atoms with Crippen molar-refractivity contribution >= 4 is 23.3 Å². The van der Waals surface area contributed by atoms with Crippen LogP contribution in [0.15, 0.2) is 18.2 Å². The lowest BCUT2D eigenvalue weighted by molar-refractivity contribution is -0.129. The van der Waals surface area contributed by atoms with Crippen molar-refractivity contribution < 1.29 is 4.79 Å². The highest BCUT2D eigenvalue weighted by atomic mass is 35.5. The van der Waals surface area contributed by atoms with Crippen LogP contribution in [0, 0.1) is 0 Å². The first-order chi connectivity index (χ1) is 7.00. The van der Waals surface area contributed by atoms with Gasteiger partial charge in [-0.2, -0.15) is 0 Å². The normalized spacial score (nSPS) is 12.0. The highest BCUT2D eigenvalue weighted by Crippen LogP contribution is 2.10. The Morgan fingerprint density at radius 3 is 2.73 bits per heavy atom. The Hall–Kier alpha value is -1.29. The van der Waals surface area contributed by atoms with E-state index in [1.807, 2.05) is 0 Å². The van der Waals surface area contributed by atoms with Crippen molar-refractivity contribution in [2.24, 2.45) is 0 Å². The number of carbonyl (C=O) groups is 1. The van der Waals surface area contributed by atoms with Gasteiger partial charge in [0, 0.05) is 14.1 Å². The zero-order valence-corrected chi connectivity index (χ0v) is 9.75. The van der Waals surface area contributed by atoms with Crippen LogP contribution < -0.4 is 5.32 Å². The van der Waals surface area contributed by atoms with Gasteiger partial charge < -0.3 is 10.2 Å². The summed E-state index contributed by atoms with van der Waals surface area (Å²) in [6.07, 6.45) is 0. The molecule has 0 spiro atoms. The molecule has 0 aliphatic rings. The summed E-state index contributed by atoms with van der Waals surface area (Å²) in [6.45, 7) is 1.78. The molecule has 1 heterocycles. The number of pyridine rings is 1. The van der Waals surface area contributed by atoms with E-state index in [1.165, 1.54) is 4.90 Å². The summed E-state index contributed by atoms with van der Waals surface area (Å²) in [6, 6.07) is 4.92. The SMILES string of the molecule is CC(Nc1cccc(Cl)n1)C(=O)N(C)C. The van der Waals surface area contributed by atoms with Crippen molar-refractivity contribution in [3.05, 3.63) is 23.4 Å². The molecule has 0 saturated carbocycles. The molecule has 5 heteroatoms. The second-order valence-electron chi connectivity index (χ2n) is 3.44. The number of halogens is 1. The molecule has 1 rings (SSSR count). The highest BCUT2D eigenvalue weighted by Gasteiger charge is 2.14. The van der Waals surface area contributed by atoms with Crippen LogP contribution in [0.4, 0.5) is 5.82 Å². The van der Waals surface area contributed by atoms with E-state index >= 15 is 0 Å². The van der Waals surface area contributed by atoms with Gasteiger partial charge in [0.1, 0.15) is 17.0 Å². The Labute approximate surface area is 94.3 Å². The fourth-order valence-corrected chi connectivity index (χ4v) is 1.32. The monoisotopic (exact) mass is 227 g/mol. The molecule has 0 bridgehead atoms. The second-order valence-corrected chi connectivity index (χ2v) is 3.83. The quantitative estimate of drug-likeness (QED) is 0.799. The number of anilines is 1. The molecular formula is C10H14ClN3O. The van der Waals surface area contributed by atoms with Crippen molar-refractivity contribution in [1.29, 1.82) is 0 Å². The van der Waals surface area contributed by atoms with Crippen LogP contribution in [0.5, 0.6) is 0 Å². The zero-order valence-electron chi connectivity index (χ0n) is 8.99. The molecule has 0 fully saturated rings. The van der Waals surface area contributed by atoms with E-state index < -0.39 is 0 Å². The average molecular weight is 228 g/mol. The fraction of sp³-hybridized carbons (Fsp3) is 0.400. The lowest BCUT2D eigenvalue weighted by Gasteiger charge is -2.18. The minimum atomic E-state index is -0.314. The van der Waals surface area contributed by atoms with Crippen molar-refractivity contribution in [3.63, 3.8) is 0 Å². The van der Waals surface area contributed by atoms with Gasteiger partial charge >= 0.3 is 0 Å².